The number of rotatable bonds is 5. The van der Waals surface area contributed by atoms with Crippen molar-refractivity contribution >= 4 is 5.69 Å². The van der Waals surface area contributed by atoms with Gasteiger partial charge in [0, 0.05) is 19.1 Å². The monoisotopic (exact) mass is 237 g/mol. The molecule has 0 heterocycles. The number of ether oxygens (including phenoxy) is 1. The lowest BCUT2D eigenvalue weighted by atomic mass is 10.0. The highest BCUT2D eigenvalue weighted by atomic mass is 16.5. The van der Waals surface area contributed by atoms with Gasteiger partial charge in [0.1, 0.15) is 5.75 Å². The Hall–Kier alpha value is -1.26. The molecule has 4 heteroatoms. The molecule has 1 rings (SSSR count). The average Bonchev–Trinajstić information content (AvgIpc) is 2.31. The van der Waals surface area contributed by atoms with Gasteiger partial charge in [-0.2, -0.15) is 0 Å². The van der Waals surface area contributed by atoms with Crippen LogP contribution in [-0.2, 0) is 0 Å². The van der Waals surface area contributed by atoms with Gasteiger partial charge in [-0.05, 0) is 37.5 Å². The van der Waals surface area contributed by atoms with Crippen molar-refractivity contribution in [1.29, 1.82) is 0 Å². The molecule has 0 aromatic heterocycles. The van der Waals surface area contributed by atoms with E-state index in [-0.39, 0.29) is 6.04 Å². The van der Waals surface area contributed by atoms with Crippen LogP contribution in [0.5, 0.6) is 5.75 Å². The zero-order chi connectivity index (χ0) is 13.0. The summed E-state index contributed by atoms with van der Waals surface area (Å²) in [6.45, 7) is 7.32. The van der Waals surface area contributed by atoms with E-state index in [1.54, 1.807) is 7.11 Å². The summed E-state index contributed by atoms with van der Waals surface area (Å²) < 4.78 is 5.47. The zero-order valence-corrected chi connectivity index (χ0v) is 11.1. The maximum atomic E-state index is 5.80. The van der Waals surface area contributed by atoms with E-state index in [1.165, 1.54) is 5.56 Å². The number of nitrogens with one attached hydrogen (secondary N) is 1. The van der Waals surface area contributed by atoms with E-state index in [0.29, 0.717) is 13.1 Å². The summed E-state index contributed by atoms with van der Waals surface area (Å²) in [5, 5.41) is 3.32. The maximum Gasteiger partial charge on any atom is 0.145 e. The van der Waals surface area contributed by atoms with Crippen LogP contribution < -0.4 is 21.5 Å². The van der Waals surface area contributed by atoms with Crippen molar-refractivity contribution in [3.8, 4) is 5.75 Å². The van der Waals surface area contributed by atoms with Crippen molar-refractivity contribution in [1.82, 2.24) is 0 Å². The third kappa shape index (κ3) is 3.11. The molecule has 0 aliphatic rings. The Balaban J connectivity index is 3.01. The van der Waals surface area contributed by atoms with Gasteiger partial charge in [0.15, 0.2) is 0 Å². The smallest absolute Gasteiger partial charge is 0.145 e. The zero-order valence-electron chi connectivity index (χ0n) is 11.1. The minimum atomic E-state index is -0.0410. The molecule has 4 nitrogen and oxygen atoms in total. The van der Waals surface area contributed by atoms with E-state index in [4.69, 9.17) is 16.2 Å². The Kier molecular flexibility index (Phi) is 4.78. The lowest BCUT2D eigenvalue weighted by Crippen LogP contribution is -2.36. The third-order valence-corrected chi connectivity index (χ3v) is 3.03. The second-order valence-electron chi connectivity index (χ2n) is 4.42. The summed E-state index contributed by atoms with van der Waals surface area (Å²) in [7, 11) is 1.69. The Morgan fingerprint density at radius 3 is 2.47 bits per heavy atom. The molecule has 0 spiro atoms. The predicted molar refractivity (Wildman–Crippen MR) is 72.7 cm³/mol. The first kappa shape index (κ1) is 13.8. The van der Waals surface area contributed by atoms with E-state index in [9.17, 15) is 0 Å². The maximum absolute atomic E-state index is 5.80. The Morgan fingerprint density at radius 1 is 1.29 bits per heavy atom. The fourth-order valence-corrected chi connectivity index (χ4v) is 1.84. The van der Waals surface area contributed by atoms with E-state index >= 15 is 0 Å². The Bertz CT molecular complexity index is 391. The summed E-state index contributed by atoms with van der Waals surface area (Å²) in [5.41, 5.74) is 15.9. The van der Waals surface area contributed by atoms with Crippen LogP contribution in [0.2, 0.25) is 0 Å². The Morgan fingerprint density at radius 2 is 1.94 bits per heavy atom. The van der Waals surface area contributed by atoms with Crippen LogP contribution >= 0.6 is 0 Å². The van der Waals surface area contributed by atoms with Crippen molar-refractivity contribution in [2.45, 2.75) is 26.8 Å². The van der Waals surface area contributed by atoms with E-state index in [0.717, 1.165) is 22.6 Å². The van der Waals surface area contributed by atoms with Gasteiger partial charge in [0.05, 0.1) is 12.8 Å². The molecule has 0 aliphatic heterocycles. The molecule has 0 amide bonds. The molecule has 1 aromatic rings. The molecular weight excluding hydrogens is 214 g/mol. The molecule has 0 aliphatic carbocycles. The van der Waals surface area contributed by atoms with Crippen molar-refractivity contribution in [3.63, 3.8) is 0 Å². The van der Waals surface area contributed by atoms with Gasteiger partial charge in [-0.3, -0.25) is 0 Å². The highest BCUT2D eigenvalue weighted by Crippen LogP contribution is 2.33. The van der Waals surface area contributed by atoms with Crippen LogP contribution in [-0.4, -0.2) is 26.2 Å². The minimum absolute atomic E-state index is 0.0410. The second kappa shape index (κ2) is 5.89. The van der Waals surface area contributed by atoms with Gasteiger partial charge in [-0.1, -0.05) is 6.07 Å². The number of aryl methyl sites for hydroxylation is 2. The highest BCUT2D eigenvalue weighted by molar-refractivity contribution is 5.66. The summed E-state index contributed by atoms with van der Waals surface area (Å²) in [5.74, 6) is 0.895. The van der Waals surface area contributed by atoms with Gasteiger partial charge in [0.25, 0.3) is 0 Å². The van der Waals surface area contributed by atoms with E-state index in [2.05, 4.69) is 32.2 Å². The average molecular weight is 237 g/mol. The lowest BCUT2D eigenvalue weighted by Gasteiger charge is -2.19. The first-order valence-corrected chi connectivity index (χ1v) is 5.85. The van der Waals surface area contributed by atoms with Gasteiger partial charge in [-0.15, -0.1) is 0 Å². The molecule has 1 unspecified atom stereocenters. The molecule has 17 heavy (non-hydrogen) atoms. The van der Waals surface area contributed by atoms with Gasteiger partial charge >= 0.3 is 0 Å². The SMILES string of the molecule is COc1c(C)c(C)cc(C)c1NCC(N)CN. The van der Waals surface area contributed by atoms with Crippen LogP contribution in [0.4, 0.5) is 5.69 Å². The number of hydrogen-bond donors (Lipinski definition) is 3. The van der Waals surface area contributed by atoms with Crippen molar-refractivity contribution in [2.75, 3.05) is 25.5 Å². The molecule has 1 atom stereocenters. The molecule has 0 bridgehead atoms. The van der Waals surface area contributed by atoms with Crippen LogP contribution in [0, 0.1) is 20.8 Å². The van der Waals surface area contributed by atoms with Crippen LogP contribution in [0.15, 0.2) is 6.07 Å². The number of benzene rings is 1. The van der Waals surface area contributed by atoms with Crippen LogP contribution in [0.3, 0.4) is 0 Å². The Labute approximate surface area is 103 Å². The summed E-state index contributed by atoms with van der Waals surface area (Å²) in [4.78, 5) is 0. The molecule has 0 fully saturated rings. The number of methoxy groups -OCH3 is 1. The summed E-state index contributed by atoms with van der Waals surface area (Å²) in [6, 6.07) is 2.11. The molecule has 5 N–H and O–H groups in total. The van der Waals surface area contributed by atoms with Crippen molar-refractivity contribution in [2.24, 2.45) is 11.5 Å². The number of nitrogens with two attached hydrogens (primary N) is 2. The number of hydrogen-bond acceptors (Lipinski definition) is 4. The topological polar surface area (TPSA) is 73.3 Å². The molecule has 0 saturated carbocycles. The molecule has 0 radical (unpaired) electrons. The fourth-order valence-electron chi connectivity index (χ4n) is 1.84. The summed E-state index contributed by atoms with van der Waals surface area (Å²) in [6.07, 6.45) is 0. The highest BCUT2D eigenvalue weighted by Gasteiger charge is 2.12. The van der Waals surface area contributed by atoms with E-state index in [1.807, 2.05) is 0 Å². The third-order valence-electron chi connectivity index (χ3n) is 3.03. The van der Waals surface area contributed by atoms with Gasteiger partial charge in [-0.25, -0.2) is 0 Å². The van der Waals surface area contributed by atoms with E-state index < -0.39 is 0 Å². The van der Waals surface area contributed by atoms with Gasteiger partial charge in [0.2, 0.25) is 0 Å². The van der Waals surface area contributed by atoms with Crippen molar-refractivity contribution in [3.05, 3.63) is 22.8 Å². The minimum Gasteiger partial charge on any atom is -0.494 e. The first-order chi connectivity index (χ1) is 8.01. The number of anilines is 1. The first-order valence-electron chi connectivity index (χ1n) is 5.85. The standard InChI is InChI=1S/C13H23N3O/c1-8-5-9(2)12(13(17-4)10(8)3)16-7-11(15)6-14/h5,11,16H,6-7,14-15H2,1-4H3. The lowest BCUT2D eigenvalue weighted by molar-refractivity contribution is 0.412. The van der Waals surface area contributed by atoms with Crippen LogP contribution in [0.25, 0.3) is 0 Å². The molecule has 1 aromatic carbocycles. The second-order valence-corrected chi connectivity index (χ2v) is 4.42. The van der Waals surface area contributed by atoms with Crippen LogP contribution in [0.1, 0.15) is 16.7 Å². The van der Waals surface area contributed by atoms with Crippen molar-refractivity contribution < 1.29 is 4.74 Å². The van der Waals surface area contributed by atoms with Gasteiger partial charge < -0.3 is 21.5 Å². The summed E-state index contributed by atoms with van der Waals surface area (Å²) >= 11 is 0. The fraction of sp³-hybridized carbons (Fsp3) is 0.538. The normalized spacial score (nSPS) is 12.4. The predicted octanol–water partition coefficient (Wildman–Crippen LogP) is 1.32. The quantitative estimate of drug-likeness (QED) is 0.722. The molecular formula is C13H23N3O. The molecule has 96 valence electrons. The largest absolute Gasteiger partial charge is 0.494 e. The molecule has 0 saturated heterocycles.